The van der Waals surface area contributed by atoms with Crippen LogP contribution >= 0.6 is 0 Å². The molecule has 0 saturated carbocycles. The molecule has 0 spiro atoms. The molecule has 2 aromatic carbocycles. The lowest BCUT2D eigenvalue weighted by atomic mass is 10.2. The van der Waals surface area contributed by atoms with Crippen LogP contribution in [0.5, 0.6) is 0 Å². The largest absolute Gasteiger partial charge is 0.450 e. The first-order valence-electron chi connectivity index (χ1n) is 10.2. The average molecular weight is 446 g/mol. The van der Waals surface area contributed by atoms with Gasteiger partial charge in [-0.1, -0.05) is 35.9 Å². The molecule has 0 radical (unpaired) electrons. The number of ether oxygens (including phenoxy) is 1. The van der Waals surface area contributed by atoms with Gasteiger partial charge in [0.1, 0.15) is 6.54 Å². The monoisotopic (exact) mass is 445 g/mol. The second-order valence-electron chi connectivity index (χ2n) is 7.23. The van der Waals surface area contributed by atoms with Crippen LogP contribution in [0.25, 0.3) is 0 Å². The van der Waals surface area contributed by atoms with Gasteiger partial charge in [0.15, 0.2) is 0 Å². The van der Waals surface area contributed by atoms with Gasteiger partial charge < -0.3 is 14.5 Å². The fourth-order valence-corrected chi connectivity index (χ4v) is 4.74. The maximum Gasteiger partial charge on any atom is 0.409 e. The van der Waals surface area contributed by atoms with E-state index in [9.17, 15) is 18.0 Å². The molecule has 1 aliphatic heterocycles. The van der Waals surface area contributed by atoms with Gasteiger partial charge in [-0.05, 0) is 38.1 Å². The predicted molar refractivity (Wildman–Crippen MR) is 117 cm³/mol. The highest BCUT2D eigenvalue weighted by molar-refractivity contribution is 7.92. The fourth-order valence-electron chi connectivity index (χ4n) is 3.32. The van der Waals surface area contributed by atoms with Crippen LogP contribution in [0.1, 0.15) is 12.5 Å². The Morgan fingerprint density at radius 2 is 1.52 bits per heavy atom. The molecule has 0 unspecified atom stereocenters. The number of carbonyl (C=O) groups excluding carboxylic acids is 2. The minimum atomic E-state index is -3.93. The SMILES string of the molecule is CCOC(=O)N1CCN(C(=O)CN(c2ccccc2)S(=O)(=O)c2ccc(C)cc2)CC1. The first-order valence-corrected chi connectivity index (χ1v) is 11.6. The number of aryl methyl sites for hydroxylation is 1. The summed E-state index contributed by atoms with van der Waals surface area (Å²) in [5.74, 6) is -0.317. The van der Waals surface area contributed by atoms with E-state index in [4.69, 9.17) is 4.74 Å². The zero-order valence-electron chi connectivity index (χ0n) is 17.7. The third-order valence-electron chi connectivity index (χ3n) is 5.09. The Morgan fingerprint density at radius 1 is 0.935 bits per heavy atom. The van der Waals surface area contributed by atoms with Crippen molar-refractivity contribution in [2.75, 3.05) is 43.6 Å². The van der Waals surface area contributed by atoms with Gasteiger partial charge in [-0.25, -0.2) is 13.2 Å². The van der Waals surface area contributed by atoms with Crippen molar-refractivity contribution < 1.29 is 22.7 Å². The Labute approximate surface area is 183 Å². The topological polar surface area (TPSA) is 87.2 Å². The fraction of sp³-hybridized carbons (Fsp3) is 0.364. The molecule has 3 rings (SSSR count). The van der Waals surface area contributed by atoms with E-state index in [1.54, 1.807) is 71.3 Å². The summed E-state index contributed by atoms with van der Waals surface area (Å²) in [4.78, 5) is 28.1. The Hall–Kier alpha value is -3.07. The molecule has 0 aromatic heterocycles. The summed E-state index contributed by atoms with van der Waals surface area (Å²) in [6, 6.07) is 15.1. The maximum atomic E-state index is 13.4. The van der Waals surface area contributed by atoms with Crippen molar-refractivity contribution >= 4 is 27.7 Å². The number of sulfonamides is 1. The van der Waals surface area contributed by atoms with Crippen LogP contribution in [0.4, 0.5) is 10.5 Å². The first kappa shape index (κ1) is 22.6. The van der Waals surface area contributed by atoms with Crippen LogP contribution in [0, 0.1) is 6.92 Å². The highest BCUT2D eigenvalue weighted by Gasteiger charge is 2.31. The lowest BCUT2D eigenvalue weighted by molar-refractivity contribution is -0.131. The molecule has 0 aliphatic carbocycles. The summed E-state index contributed by atoms with van der Waals surface area (Å²) in [6.07, 6.45) is -0.401. The normalized spacial score (nSPS) is 14.3. The van der Waals surface area contributed by atoms with Crippen LogP contribution in [-0.4, -0.2) is 69.5 Å². The van der Waals surface area contributed by atoms with Crippen LogP contribution < -0.4 is 4.31 Å². The van der Waals surface area contributed by atoms with E-state index < -0.39 is 16.1 Å². The number of piperazine rings is 1. The molecule has 8 nitrogen and oxygen atoms in total. The van der Waals surface area contributed by atoms with E-state index in [2.05, 4.69) is 0 Å². The molecule has 31 heavy (non-hydrogen) atoms. The van der Waals surface area contributed by atoms with E-state index in [0.717, 1.165) is 9.87 Å². The molecule has 2 amide bonds. The quantitative estimate of drug-likeness (QED) is 0.682. The number of hydrogen-bond donors (Lipinski definition) is 0. The second-order valence-corrected chi connectivity index (χ2v) is 9.09. The van der Waals surface area contributed by atoms with Crippen LogP contribution in [0.15, 0.2) is 59.5 Å². The molecule has 2 aromatic rings. The molecule has 1 heterocycles. The van der Waals surface area contributed by atoms with Crippen molar-refractivity contribution in [3.8, 4) is 0 Å². The molecular formula is C22H27N3O5S. The van der Waals surface area contributed by atoms with Crippen molar-refractivity contribution in [3.05, 3.63) is 60.2 Å². The molecule has 1 aliphatic rings. The molecule has 1 fully saturated rings. The van der Waals surface area contributed by atoms with Crippen LogP contribution in [0.3, 0.4) is 0 Å². The number of nitrogens with zero attached hydrogens (tertiary/aromatic N) is 3. The highest BCUT2D eigenvalue weighted by Crippen LogP contribution is 2.24. The summed E-state index contributed by atoms with van der Waals surface area (Å²) in [6.45, 7) is 4.94. The zero-order valence-corrected chi connectivity index (χ0v) is 18.5. The number of rotatable bonds is 6. The average Bonchev–Trinajstić information content (AvgIpc) is 2.78. The van der Waals surface area contributed by atoms with Crippen molar-refractivity contribution in [1.29, 1.82) is 0 Å². The molecular weight excluding hydrogens is 418 g/mol. The standard InChI is InChI=1S/C22H27N3O5S/c1-3-30-22(27)24-15-13-23(14-16-24)21(26)17-25(19-7-5-4-6-8-19)31(28,29)20-11-9-18(2)10-12-20/h4-12H,3,13-17H2,1-2H3. The van der Waals surface area contributed by atoms with Gasteiger partial charge in [-0.15, -0.1) is 0 Å². The molecule has 0 atom stereocenters. The highest BCUT2D eigenvalue weighted by atomic mass is 32.2. The second kappa shape index (κ2) is 9.82. The van der Waals surface area contributed by atoms with Crippen molar-refractivity contribution in [3.63, 3.8) is 0 Å². The number of carbonyl (C=O) groups is 2. The molecule has 9 heteroatoms. The molecule has 1 saturated heterocycles. The van der Waals surface area contributed by atoms with Gasteiger partial charge in [0.25, 0.3) is 10.0 Å². The van der Waals surface area contributed by atoms with E-state index in [1.165, 1.54) is 0 Å². The van der Waals surface area contributed by atoms with Crippen molar-refractivity contribution in [2.24, 2.45) is 0 Å². The van der Waals surface area contributed by atoms with Gasteiger partial charge in [-0.3, -0.25) is 9.10 Å². The number of anilines is 1. The number of hydrogen-bond acceptors (Lipinski definition) is 5. The summed E-state index contributed by atoms with van der Waals surface area (Å²) in [7, 11) is -3.93. The van der Waals surface area contributed by atoms with Gasteiger partial charge in [0, 0.05) is 26.2 Å². The Kier molecular flexibility index (Phi) is 7.17. The number of amides is 2. The van der Waals surface area contributed by atoms with Crippen molar-refractivity contribution in [2.45, 2.75) is 18.7 Å². The predicted octanol–water partition coefficient (Wildman–Crippen LogP) is 2.49. The minimum Gasteiger partial charge on any atom is -0.450 e. The lowest BCUT2D eigenvalue weighted by Gasteiger charge is -2.35. The van der Waals surface area contributed by atoms with E-state index in [0.29, 0.717) is 38.5 Å². The summed E-state index contributed by atoms with van der Waals surface area (Å²) < 4.78 is 32.9. The van der Waals surface area contributed by atoms with E-state index in [-0.39, 0.29) is 17.3 Å². The summed E-state index contributed by atoms with van der Waals surface area (Å²) in [5.41, 5.74) is 1.36. The molecule has 0 bridgehead atoms. The third-order valence-corrected chi connectivity index (χ3v) is 6.88. The summed E-state index contributed by atoms with van der Waals surface area (Å²) in [5, 5.41) is 0. The van der Waals surface area contributed by atoms with Gasteiger partial charge in [0.2, 0.25) is 5.91 Å². The third kappa shape index (κ3) is 5.35. The first-order chi connectivity index (χ1) is 14.8. The Bertz CT molecular complexity index is 1000. The smallest absolute Gasteiger partial charge is 0.409 e. The zero-order chi connectivity index (χ0) is 22.4. The minimum absolute atomic E-state index is 0.127. The lowest BCUT2D eigenvalue weighted by Crippen LogP contribution is -2.53. The van der Waals surface area contributed by atoms with Gasteiger partial charge >= 0.3 is 6.09 Å². The molecule has 0 N–H and O–H groups in total. The summed E-state index contributed by atoms with van der Waals surface area (Å²) >= 11 is 0. The van der Waals surface area contributed by atoms with Crippen molar-refractivity contribution in [1.82, 2.24) is 9.80 Å². The molecule has 166 valence electrons. The Morgan fingerprint density at radius 3 is 2.10 bits per heavy atom. The van der Waals surface area contributed by atoms with Gasteiger partial charge in [-0.2, -0.15) is 0 Å². The maximum absolute atomic E-state index is 13.4. The van der Waals surface area contributed by atoms with Crippen LogP contribution in [0.2, 0.25) is 0 Å². The Balaban J connectivity index is 1.78. The number of para-hydroxylation sites is 1. The van der Waals surface area contributed by atoms with Crippen LogP contribution in [-0.2, 0) is 19.6 Å². The number of benzene rings is 2. The van der Waals surface area contributed by atoms with E-state index in [1.807, 2.05) is 6.92 Å². The van der Waals surface area contributed by atoms with E-state index >= 15 is 0 Å². The van der Waals surface area contributed by atoms with Gasteiger partial charge in [0.05, 0.1) is 17.2 Å².